The van der Waals surface area contributed by atoms with Crippen LogP contribution in [-0.2, 0) is 0 Å². The van der Waals surface area contributed by atoms with Gasteiger partial charge in [-0.1, -0.05) is 34.1 Å². The minimum absolute atomic E-state index is 0.0541. The third-order valence-corrected chi connectivity index (χ3v) is 4.17. The van der Waals surface area contributed by atoms with Crippen LogP contribution in [0.1, 0.15) is 0 Å². The van der Waals surface area contributed by atoms with Gasteiger partial charge >= 0.3 is 0 Å². The standard InChI is InChI=1S/C17H13BrO5/c1-21-14-8-13-15(16(20)17(14)22-2)11(19)7-12(23-13)9-5-3-4-6-10(9)18/h3-8,20H,1-2H3. The predicted molar refractivity (Wildman–Crippen MR) is 90.4 cm³/mol. The van der Waals surface area contributed by atoms with Crippen LogP contribution in [0.15, 0.2) is 50.1 Å². The van der Waals surface area contributed by atoms with E-state index in [0.717, 1.165) is 10.0 Å². The smallest absolute Gasteiger partial charge is 0.204 e. The van der Waals surface area contributed by atoms with Crippen LogP contribution in [0.5, 0.6) is 17.2 Å². The van der Waals surface area contributed by atoms with Gasteiger partial charge in [0.15, 0.2) is 16.9 Å². The fourth-order valence-electron chi connectivity index (χ4n) is 2.40. The molecule has 1 aromatic heterocycles. The number of fused-ring (bicyclic) bond motifs is 1. The fraction of sp³-hybridized carbons (Fsp3) is 0.118. The van der Waals surface area contributed by atoms with Gasteiger partial charge in [0.25, 0.3) is 0 Å². The van der Waals surface area contributed by atoms with Crippen LogP contribution in [0.25, 0.3) is 22.3 Å². The van der Waals surface area contributed by atoms with Crippen molar-refractivity contribution >= 4 is 26.9 Å². The van der Waals surface area contributed by atoms with Crippen LogP contribution in [0.3, 0.4) is 0 Å². The summed E-state index contributed by atoms with van der Waals surface area (Å²) >= 11 is 3.43. The summed E-state index contributed by atoms with van der Waals surface area (Å²) in [6, 6.07) is 10.3. The quantitative estimate of drug-likeness (QED) is 0.749. The monoisotopic (exact) mass is 376 g/mol. The van der Waals surface area contributed by atoms with Crippen molar-refractivity contribution < 1.29 is 19.0 Å². The van der Waals surface area contributed by atoms with E-state index < -0.39 is 0 Å². The van der Waals surface area contributed by atoms with E-state index in [9.17, 15) is 9.90 Å². The van der Waals surface area contributed by atoms with Gasteiger partial charge in [-0.3, -0.25) is 4.79 Å². The first kappa shape index (κ1) is 15.4. The molecule has 118 valence electrons. The van der Waals surface area contributed by atoms with E-state index in [1.165, 1.54) is 26.4 Å². The third kappa shape index (κ3) is 2.55. The highest BCUT2D eigenvalue weighted by atomic mass is 79.9. The summed E-state index contributed by atoms with van der Waals surface area (Å²) in [4.78, 5) is 12.4. The van der Waals surface area contributed by atoms with Crippen LogP contribution >= 0.6 is 15.9 Å². The number of aromatic hydroxyl groups is 1. The van der Waals surface area contributed by atoms with Crippen LogP contribution < -0.4 is 14.9 Å². The number of rotatable bonds is 3. The molecule has 0 aliphatic heterocycles. The second-order valence-electron chi connectivity index (χ2n) is 4.79. The minimum atomic E-state index is -0.365. The first-order chi connectivity index (χ1) is 11.1. The van der Waals surface area contributed by atoms with Gasteiger partial charge in [-0.2, -0.15) is 0 Å². The average molecular weight is 377 g/mol. The van der Waals surface area contributed by atoms with E-state index in [0.29, 0.717) is 5.76 Å². The van der Waals surface area contributed by atoms with Gasteiger partial charge in [-0.15, -0.1) is 0 Å². The SMILES string of the molecule is COc1cc2oc(-c3ccccc3Br)cc(=O)c2c(O)c1OC. The second kappa shape index (κ2) is 5.96. The van der Waals surface area contributed by atoms with E-state index in [2.05, 4.69) is 15.9 Å². The van der Waals surface area contributed by atoms with Crippen LogP contribution in [0.2, 0.25) is 0 Å². The Labute approximate surface area is 140 Å². The Morgan fingerprint density at radius 2 is 1.87 bits per heavy atom. The van der Waals surface area contributed by atoms with Crippen LogP contribution in [-0.4, -0.2) is 19.3 Å². The fourth-order valence-corrected chi connectivity index (χ4v) is 2.88. The van der Waals surface area contributed by atoms with Crippen molar-refractivity contribution in [3.63, 3.8) is 0 Å². The maximum absolute atomic E-state index is 12.4. The highest BCUT2D eigenvalue weighted by Gasteiger charge is 2.19. The lowest BCUT2D eigenvalue weighted by Gasteiger charge is -2.12. The second-order valence-corrected chi connectivity index (χ2v) is 5.64. The van der Waals surface area contributed by atoms with Gasteiger partial charge in [0, 0.05) is 22.2 Å². The first-order valence-corrected chi connectivity index (χ1v) is 7.52. The summed E-state index contributed by atoms with van der Waals surface area (Å²) in [6.07, 6.45) is 0. The number of benzene rings is 2. The van der Waals surface area contributed by atoms with Gasteiger partial charge in [-0.05, 0) is 6.07 Å². The number of phenols is 1. The highest BCUT2D eigenvalue weighted by molar-refractivity contribution is 9.10. The van der Waals surface area contributed by atoms with Crippen molar-refractivity contribution in [2.24, 2.45) is 0 Å². The average Bonchev–Trinajstić information content (AvgIpc) is 2.54. The van der Waals surface area contributed by atoms with Gasteiger partial charge in [0.2, 0.25) is 5.75 Å². The molecule has 0 atom stereocenters. The van der Waals surface area contributed by atoms with Crippen molar-refractivity contribution in [3.05, 3.63) is 51.1 Å². The van der Waals surface area contributed by atoms with E-state index in [4.69, 9.17) is 13.9 Å². The van der Waals surface area contributed by atoms with Gasteiger partial charge < -0.3 is 19.0 Å². The number of phenolic OH excluding ortho intramolecular Hbond substituents is 1. The number of hydrogen-bond donors (Lipinski definition) is 1. The molecule has 0 aliphatic rings. The van der Waals surface area contributed by atoms with Crippen molar-refractivity contribution in [1.29, 1.82) is 0 Å². The Kier molecular flexibility index (Phi) is 4.00. The maximum Gasteiger partial charge on any atom is 0.204 e. The number of halogens is 1. The molecule has 1 heterocycles. The molecule has 23 heavy (non-hydrogen) atoms. The Bertz CT molecular complexity index is 946. The lowest BCUT2D eigenvalue weighted by Crippen LogP contribution is -2.03. The Morgan fingerprint density at radius 1 is 1.13 bits per heavy atom. The molecule has 5 nitrogen and oxygen atoms in total. The molecule has 0 unspecified atom stereocenters. The highest BCUT2D eigenvalue weighted by Crippen LogP contribution is 2.42. The number of ether oxygens (including phenoxy) is 2. The molecule has 0 saturated heterocycles. The Morgan fingerprint density at radius 3 is 2.52 bits per heavy atom. The van der Waals surface area contributed by atoms with Gasteiger partial charge in [0.05, 0.1) is 14.2 Å². The van der Waals surface area contributed by atoms with Crippen molar-refractivity contribution in [3.8, 4) is 28.6 Å². The summed E-state index contributed by atoms with van der Waals surface area (Å²) in [5.41, 5.74) is 0.592. The van der Waals surface area contributed by atoms with Crippen molar-refractivity contribution in [2.75, 3.05) is 14.2 Å². The molecule has 2 aromatic carbocycles. The molecule has 3 rings (SSSR count). The Balaban J connectivity index is 2.35. The van der Waals surface area contributed by atoms with Crippen molar-refractivity contribution in [1.82, 2.24) is 0 Å². The molecule has 0 bridgehead atoms. The summed E-state index contributed by atoms with van der Waals surface area (Å²) in [6.45, 7) is 0. The van der Waals surface area contributed by atoms with E-state index in [1.54, 1.807) is 0 Å². The van der Waals surface area contributed by atoms with E-state index >= 15 is 0 Å². The van der Waals surface area contributed by atoms with E-state index in [-0.39, 0.29) is 33.6 Å². The zero-order valence-electron chi connectivity index (χ0n) is 12.4. The lowest BCUT2D eigenvalue weighted by atomic mass is 10.1. The molecule has 3 aromatic rings. The van der Waals surface area contributed by atoms with Crippen LogP contribution in [0.4, 0.5) is 0 Å². The van der Waals surface area contributed by atoms with E-state index in [1.807, 2.05) is 24.3 Å². The zero-order chi connectivity index (χ0) is 16.6. The first-order valence-electron chi connectivity index (χ1n) is 6.73. The molecule has 0 radical (unpaired) electrons. The summed E-state index contributed by atoms with van der Waals surface area (Å²) < 4.78 is 16.9. The normalized spacial score (nSPS) is 10.7. The minimum Gasteiger partial charge on any atom is -0.504 e. The predicted octanol–water partition coefficient (Wildman–Crippen LogP) is 3.95. The third-order valence-electron chi connectivity index (χ3n) is 3.48. The molecule has 0 amide bonds. The Hall–Kier alpha value is -2.47. The molecule has 0 saturated carbocycles. The summed E-state index contributed by atoms with van der Waals surface area (Å²) in [5.74, 6) is 0.474. The largest absolute Gasteiger partial charge is 0.504 e. The zero-order valence-corrected chi connectivity index (χ0v) is 14.0. The summed E-state index contributed by atoms with van der Waals surface area (Å²) in [7, 11) is 2.83. The molecule has 1 N–H and O–H groups in total. The van der Waals surface area contributed by atoms with Gasteiger partial charge in [-0.25, -0.2) is 0 Å². The molecule has 0 aliphatic carbocycles. The van der Waals surface area contributed by atoms with Crippen LogP contribution in [0, 0.1) is 0 Å². The van der Waals surface area contributed by atoms with Gasteiger partial charge in [0.1, 0.15) is 16.7 Å². The molecule has 0 fully saturated rings. The summed E-state index contributed by atoms with van der Waals surface area (Å²) in [5, 5.41) is 10.3. The molecule has 0 spiro atoms. The molecular weight excluding hydrogens is 364 g/mol. The van der Waals surface area contributed by atoms with Crippen molar-refractivity contribution in [2.45, 2.75) is 0 Å². The molecule has 6 heteroatoms. The molecular formula is C17H13BrO5. The topological polar surface area (TPSA) is 68.9 Å². The lowest BCUT2D eigenvalue weighted by molar-refractivity contribution is 0.334. The number of methoxy groups -OCH3 is 2. The number of hydrogen-bond acceptors (Lipinski definition) is 5. The maximum atomic E-state index is 12.4.